The number of imidazole rings is 1. The normalized spacial score (nSPS) is 20.0. The number of aromatic nitrogens is 2. The second kappa shape index (κ2) is 5.48. The molecule has 21 heavy (non-hydrogen) atoms. The van der Waals surface area contributed by atoms with Crippen LogP contribution in [0.5, 0.6) is 0 Å². The van der Waals surface area contributed by atoms with Crippen molar-refractivity contribution in [1.29, 1.82) is 0 Å². The smallest absolute Gasteiger partial charge is 0.335 e. The van der Waals surface area contributed by atoms with Crippen molar-refractivity contribution in [2.75, 3.05) is 19.6 Å². The zero-order valence-electron chi connectivity index (χ0n) is 12.5. The summed E-state index contributed by atoms with van der Waals surface area (Å²) in [5.74, 6) is 0.0802. The molecular formula is C16H21N3O2. The van der Waals surface area contributed by atoms with Gasteiger partial charge in [-0.05, 0) is 51.1 Å². The summed E-state index contributed by atoms with van der Waals surface area (Å²) in [5, 5.41) is 9.19. The third-order valence-electron chi connectivity index (χ3n) is 4.41. The van der Waals surface area contributed by atoms with E-state index in [4.69, 9.17) is 0 Å². The third kappa shape index (κ3) is 2.53. The SMILES string of the molecule is CCN1CCCC(n2c(C)nc3ccc(C(=O)O)cc32)C1. The summed E-state index contributed by atoms with van der Waals surface area (Å²) < 4.78 is 2.23. The molecule has 5 nitrogen and oxygen atoms in total. The van der Waals surface area contributed by atoms with E-state index in [2.05, 4.69) is 21.4 Å². The Bertz CT molecular complexity index is 677. The number of aryl methyl sites for hydroxylation is 1. The van der Waals surface area contributed by atoms with Crippen LogP contribution >= 0.6 is 0 Å². The number of benzene rings is 1. The number of likely N-dealkylation sites (tertiary alicyclic amines) is 1. The second-order valence-corrected chi connectivity index (χ2v) is 5.73. The lowest BCUT2D eigenvalue weighted by atomic mass is 10.0. The first kappa shape index (κ1) is 14.1. The second-order valence-electron chi connectivity index (χ2n) is 5.73. The summed E-state index contributed by atoms with van der Waals surface area (Å²) >= 11 is 0. The Morgan fingerprint density at radius 2 is 2.29 bits per heavy atom. The topological polar surface area (TPSA) is 58.4 Å². The highest BCUT2D eigenvalue weighted by molar-refractivity contribution is 5.92. The van der Waals surface area contributed by atoms with Crippen LogP contribution in [0.15, 0.2) is 18.2 Å². The van der Waals surface area contributed by atoms with Crippen LogP contribution in [0.25, 0.3) is 11.0 Å². The number of likely N-dealkylation sites (N-methyl/N-ethyl adjacent to an activating group) is 1. The number of piperidine rings is 1. The number of hydrogen-bond donors (Lipinski definition) is 1. The predicted octanol–water partition coefficient (Wildman–Crippen LogP) is 2.70. The molecule has 0 amide bonds. The van der Waals surface area contributed by atoms with E-state index in [9.17, 15) is 9.90 Å². The lowest BCUT2D eigenvalue weighted by molar-refractivity contribution is 0.0697. The predicted molar refractivity (Wildman–Crippen MR) is 81.8 cm³/mol. The van der Waals surface area contributed by atoms with Gasteiger partial charge in [0.25, 0.3) is 0 Å². The zero-order valence-corrected chi connectivity index (χ0v) is 12.5. The van der Waals surface area contributed by atoms with Gasteiger partial charge in [0, 0.05) is 12.6 Å². The minimum Gasteiger partial charge on any atom is -0.478 e. The molecule has 1 N–H and O–H groups in total. The molecule has 0 spiro atoms. The van der Waals surface area contributed by atoms with Crippen molar-refractivity contribution in [3.05, 3.63) is 29.6 Å². The minimum atomic E-state index is -0.888. The van der Waals surface area contributed by atoms with Gasteiger partial charge >= 0.3 is 5.97 Å². The first-order valence-electron chi connectivity index (χ1n) is 7.54. The van der Waals surface area contributed by atoms with Gasteiger partial charge < -0.3 is 14.6 Å². The summed E-state index contributed by atoms with van der Waals surface area (Å²) in [5.41, 5.74) is 2.15. The number of aromatic carboxylic acids is 1. The summed E-state index contributed by atoms with van der Waals surface area (Å²) in [6.07, 6.45) is 2.30. The monoisotopic (exact) mass is 287 g/mol. The van der Waals surface area contributed by atoms with E-state index in [1.165, 1.54) is 6.42 Å². The van der Waals surface area contributed by atoms with Gasteiger partial charge in [-0.2, -0.15) is 0 Å². The first-order valence-corrected chi connectivity index (χ1v) is 7.54. The molecule has 0 radical (unpaired) electrons. The van der Waals surface area contributed by atoms with E-state index in [1.54, 1.807) is 12.1 Å². The lowest BCUT2D eigenvalue weighted by Crippen LogP contribution is -2.36. The van der Waals surface area contributed by atoms with Gasteiger partial charge in [-0.1, -0.05) is 6.92 Å². The van der Waals surface area contributed by atoms with Crippen molar-refractivity contribution in [3.63, 3.8) is 0 Å². The molecular weight excluding hydrogens is 266 g/mol. The van der Waals surface area contributed by atoms with Gasteiger partial charge in [0.2, 0.25) is 0 Å². The Morgan fingerprint density at radius 1 is 1.48 bits per heavy atom. The van der Waals surface area contributed by atoms with Crippen LogP contribution in [-0.2, 0) is 0 Å². The number of fused-ring (bicyclic) bond motifs is 1. The van der Waals surface area contributed by atoms with Crippen LogP contribution in [0.2, 0.25) is 0 Å². The molecule has 1 saturated heterocycles. The number of carboxylic acids is 1. The highest BCUT2D eigenvalue weighted by Gasteiger charge is 2.23. The molecule has 3 rings (SSSR count). The maximum Gasteiger partial charge on any atom is 0.335 e. The Balaban J connectivity index is 2.06. The summed E-state index contributed by atoms with van der Waals surface area (Å²) in [6.45, 7) is 7.41. The van der Waals surface area contributed by atoms with E-state index in [0.29, 0.717) is 11.6 Å². The van der Waals surface area contributed by atoms with Crippen molar-refractivity contribution in [3.8, 4) is 0 Å². The average molecular weight is 287 g/mol. The highest BCUT2D eigenvalue weighted by atomic mass is 16.4. The van der Waals surface area contributed by atoms with E-state index in [0.717, 1.165) is 42.9 Å². The molecule has 112 valence electrons. The van der Waals surface area contributed by atoms with Crippen LogP contribution in [-0.4, -0.2) is 45.2 Å². The molecule has 0 saturated carbocycles. The van der Waals surface area contributed by atoms with Gasteiger partial charge in [-0.15, -0.1) is 0 Å². The maximum atomic E-state index is 11.2. The Kier molecular flexibility index (Phi) is 3.68. The lowest BCUT2D eigenvalue weighted by Gasteiger charge is -2.33. The van der Waals surface area contributed by atoms with Gasteiger partial charge in [0.1, 0.15) is 5.82 Å². The minimum absolute atomic E-state index is 0.326. The average Bonchev–Trinajstić information content (AvgIpc) is 2.82. The van der Waals surface area contributed by atoms with Crippen molar-refractivity contribution < 1.29 is 9.90 Å². The van der Waals surface area contributed by atoms with Crippen molar-refractivity contribution in [2.45, 2.75) is 32.7 Å². The fourth-order valence-corrected chi connectivity index (χ4v) is 3.34. The molecule has 0 aliphatic carbocycles. The molecule has 1 aromatic heterocycles. The van der Waals surface area contributed by atoms with Crippen molar-refractivity contribution in [1.82, 2.24) is 14.5 Å². The number of nitrogens with zero attached hydrogens (tertiary/aromatic N) is 3. The molecule has 1 aromatic carbocycles. The molecule has 1 atom stereocenters. The quantitative estimate of drug-likeness (QED) is 0.943. The number of carboxylic acid groups (broad SMARTS) is 1. The molecule has 1 fully saturated rings. The summed E-state index contributed by atoms with van der Waals surface area (Å²) in [6, 6.07) is 5.57. The van der Waals surface area contributed by atoms with E-state index >= 15 is 0 Å². The molecule has 5 heteroatoms. The number of rotatable bonds is 3. The summed E-state index contributed by atoms with van der Waals surface area (Å²) in [4.78, 5) is 18.2. The zero-order chi connectivity index (χ0) is 15.0. The molecule has 1 aliphatic heterocycles. The third-order valence-corrected chi connectivity index (χ3v) is 4.41. The molecule has 0 bridgehead atoms. The molecule has 2 heterocycles. The van der Waals surface area contributed by atoms with Crippen molar-refractivity contribution >= 4 is 17.0 Å². The van der Waals surface area contributed by atoms with Crippen LogP contribution in [0.4, 0.5) is 0 Å². The van der Waals surface area contributed by atoms with E-state index < -0.39 is 5.97 Å². The van der Waals surface area contributed by atoms with Gasteiger partial charge in [-0.3, -0.25) is 0 Å². The first-order chi connectivity index (χ1) is 10.1. The number of hydrogen-bond acceptors (Lipinski definition) is 3. The highest BCUT2D eigenvalue weighted by Crippen LogP contribution is 2.28. The fraction of sp³-hybridized carbons (Fsp3) is 0.500. The molecule has 1 unspecified atom stereocenters. The fourth-order valence-electron chi connectivity index (χ4n) is 3.34. The van der Waals surface area contributed by atoms with Crippen molar-refractivity contribution in [2.24, 2.45) is 0 Å². The molecule has 1 aliphatic rings. The van der Waals surface area contributed by atoms with E-state index in [1.807, 2.05) is 13.0 Å². The standard InChI is InChI=1S/C16H21N3O2/c1-3-18-8-4-5-13(10-18)19-11(2)17-14-7-6-12(16(20)21)9-15(14)19/h6-7,9,13H,3-5,8,10H2,1-2H3,(H,20,21). The maximum absolute atomic E-state index is 11.2. The van der Waals surface area contributed by atoms with Crippen LogP contribution in [0, 0.1) is 6.92 Å². The van der Waals surface area contributed by atoms with Gasteiger partial charge in [0.05, 0.1) is 16.6 Å². The largest absolute Gasteiger partial charge is 0.478 e. The van der Waals surface area contributed by atoms with Crippen LogP contribution in [0.1, 0.15) is 42.0 Å². The van der Waals surface area contributed by atoms with Crippen LogP contribution in [0.3, 0.4) is 0 Å². The Labute approximate surface area is 124 Å². The van der Waals surface area contributed by atoms with Gasteiger partial charge in [-0.25, -0.2) is 9.78 Å². The Morgan fingerprint density at radius 3 is 3.00 bits per heavy atom. The summed E-state index contributed by atoms with van der Waals surface area (Å²) in [7, 11) is 0. The van der Waals surface area contributed by atoms with Gasteiger partial charge in [0.15, 0.2) is 0 Å². The van der Waals surface area contributed by atoms with E-state index in [-0.39, 0.29) is 0 Å². The number of carbonyl (C=O) groups is 1. The Hall–Kier alpha value is -1.88. The van der Waals surface area contributed by atoms with Crippen LogP contribution < -0.4 is 0 Å². The molecule has 2 aromatic rings.